The molecule has 4 heterocycles. The Bertz CT molecular complexity index is 10600. The Morgan fingerprint density at radius 3 is 0.946 bits per heavy atom. The standard InChI is InChI=1S/C51H31N3.C46H28N2O.C43H27N3/c1-2-13-35-29-38(24-21-32(35)11-1)49-52-50(54-51(53-49)48-31-36-14-4-6-16-40(36)42-18-8-9-19-43(42)48)46-20-10-7-17-41(46)37-23-22-34-26-27-44-39-15-5-3-12-33(39)25-28-45(44)47(34)30-37;1-2-11-29(12-3-1)34-15-6-7-16-37(34)41-28-42(38-18-10-20-44-45(38)39-17-8-9-19-43(39)49-44)48-46(47-41)32-22-21-31-24-25-35-33-14-5-4-13-30(33)23-26-36(35)40(31)27-32;1-3-12-30(13-4-1)41-44-42(31-14-5-2-6-15-31)46-43(45-41)40-26-33-17-8-7-16-32(33)25-39(40)34-20-19-29-22-23-36-35-18-10-9-11-28(35)21-24-37(36)38(29)27-34/h1-31H;1-28H;1-27H. The van der Waals surface area contributed by atoms with Gasteiger partial charge in [-0.25, -0.2) is 39.9 Å². The van der Waals surface area contributed by atoms with Crippen molar-refractivity contribution in [1.82, 2.24) is 39.9 Å². The maximum absolute atomic E-state index is 6.30. The van der Waals surface area contributed by atoms with Crippen LogP contribution in [-0.2, 0) is 0 Å². The van der Waals surface area contributed by atoms with E-state index >= 15 is 0 Å². The molecule has 0 atom stereocenters. The fraction of sp³-hybridized carbons (Fsp3) is 0. The monoisotopic (exact) mass is 1890 g/mol. The van der Waals surface area contributed by atoms with Crippen LogP contribution in [-0.4, -0.2) is 39.9 Å². The molecule has 0 amide bonds. The molecule has 0 fully saturated rings. The lowest BCUT2D eigenvalue weighted by molar-refractivity contribution is 0.669. The Morgan fingerprint density at radius 2 is 0.409 bits per heavy atom. The topological polar surface area (TPSA) is 116 Å². The zero-order valence-electron chi connectivity index (χ0n) is 80.6. The SMILES string of the molecule is c1ccc(-c2ccccc2-c2cc(-c3cccc4oc5ccccc5c34)nc(-c3ccc4ccc5c6ccccc6ccc5c4c3)n2)cc1.c1ccc(-c2nc(-c3ccc4ccccc4c3)nc(-c3cc4ccccc4c4ccccc34)n2)c(-c2ccc3ccc4c5ccccc5ccc4c3c2)c1.c1ccc(-c2nc(-c3ccccc3)nc(-c3cc4ccccc4cc3-c3ccc4ccc5c6ccccc6ccc5c4c3)n2)cc1. The van der Waals surface area contributed by atoms with Crippen molar-refractivity contribution in [2.45, 2.75) is 0 Å². The van der Waals surface area contributed by atoms with Gasteiger partial charge < -0.3 is 4.42 Å². The number of benzene rings is 26. The van der Waals surface area contributed by atoms with Gasteiger partial charge in [0.2, 0.25) is 0 Å². The van der Waals surface area contributed by atoms with Crippen molar-refractivity contribution in [2.24, 2.45) is 0 Å². The Labute approximate surface area is 857 Å². The lowest BCUT2D eigenvalue weighted by Crippen LogP contribution is -2.01. The molecule has 30 aromatic rings. The summed E-state index contributed by atoms with van der Waals surface area (Å²) in [7, 11) is 0. The Kier molecular flexibility index (Phi) is 21.4. The predicted molar refractivity (Wildman–Crippen MR) is 622 cm³/mol. The fourth-order valence-corrected chi connectivity index (χ4v) is 22.2. The van der Waals surface area contributed by atoms with Gasteiger partial charge in [-0.05, 0) is 234 Å². The molecule has 0 radical (unpaired) electrons. The third-order valence-electron chi connectivity index (χ3n) is 29.4. The molecular formula is C140H86N8O. The first-order valence-corrected chi connectivity index (χ1v) is 50.5. The lowest BCUT2D eigenvalue weighted by Gasteiger charge is -2.15. The molecule has 0 aliphatic carbocycles. The maximum Gasteiger partial charge on any atom is 0.164 e. The number of hydrogen-bond acceptors (Lipinski definition) is 9. The number of nitrogens with zero attached hydrogens (tertiary/aromatic N) is 8. The van der Waals surface area contributed by atoms with Gasteiger partial charge in [-0.3, -0.25) is 0 Å². The van der Waals surface area contributed by atoms with Crippen LogP contribution in [0.2, 0.25) is 0 Å². The highest BCUT2D eigenvalue weighted by atomic mass is 16.3. The number of aromatic nitrogens is 8. The van der Waals surface area contributed by atoms with E-state index in [1.807, 2.05) is 84.9 Å². The van der Waals surface area contributed by atoms with Gasteiger partial charge in [-0.2, -0.15) is 0 Å². The molecule has 0 unspecified atom stereocenters. The Balaban J connectivity index is 0.000000108. The highest BCUT2D eigenvalue weighted by molar-refractivity contribution is 6.22. The molecule has 692 valence electrons. The number of para-hydroxylation sites is 1. The van der Waals surface area contributed by atoms with Crippen LogP contribution in [0.15, 0.2) is 526 Å². The zero-order chi connectivity index (χ0) is 98.4. The van der Waals surface area contributed by atoms with E-state index in [4.69, 9.17) is 44.3 Å². The fourth-order valence-electron chi connectivity index (χ4n) is 22.2. The summed E-state index contributed by atoms with van der Waals surface area (Å²) in [6, 6.07) is 184. The first-order valence-electron chi connectivity index (χ1n) is 50.5. The maximum atomic E-state index is 6.30. The molecule has 0 bridgehead atoms. The minimum atomic E-state index is 0.639. The molecule has 4 aromatic heterocycles. The van der Waals surface area contributed by atoms with Crippen LogP contribution in [0, 0.1) is 0 Å². The Hall–Kier alpha value is -20.0. The molecule has 0 saturated heterocycles. The second-order valence-corrected chi connectivity index (χ2v) is 38.2. The van der Waals surface area contributed by atoms with E-state index in [1.165, 1.54) is 118 Å². The molecule has 9 nitrogen and oxygen atoms in total. The summed E-state index contributed by atoms with van der Waals surface area (Å²) in [6.07, 6.45) is 0. The van der Waals surface area contributed by atoms with Gasteiger partial charge in [0, 0.05) is 60.8 Å². The Morgan fingerprint density at radius 1 is 0.114 bits per heavy atom. The minimum Gasteiger partial charge on any atom is -0.456 e. The van der Waals surface area contributed by atoms with E-state index in [2.05, 4.69) is 437 Å². The largest absolute Gasteiger partial charge is 0.456 e. The van der Waals surface area contributed by atoms with E-state index in [1.54, 1.807) is 0 Å². The van der Waals surface area contributed by atoms with Crippen LogP contribution >= 0.6 is 0 Å². The van der Waals surface area contributed by atoms with Gasteiger partial charge in [0.1, 0.15) is 11.2 Å². The van der Waals surface area contributed by atoms with Gasteiger partial charge in [0.15, 0.2) is 40.8 Å². The van der Waals surface area contributed by atoms with E-state index in [9.17, 15) is 0 Å². The highest BCUT2D eigenvalue weighted by Gasteiger charge is 2.25. The van der Waals surface area contributed by atoms with Crippen molar-refractivity contribution in [1.29, 1.82) is 0 Å². The molecule has 0 saturated carbocycles. The van der Waals surface area contributed by atoms with Gasteiger partial charge in [0.05, 0.1) is 11.4 Å². The summed E-state index contributed by atoms with van der Waals surface area (Å²) in [5.74, 6) is 4.57. The van der Waals surface area contributed by atoms with Gasteiger partial charge in [0.25, 0.3) is 0 Å². The van der Waals surface area contributed by atoms with Crippen molar-refractivity contribution >= 4 is 162 Å². The molecule has 26 aromatic carbocycles. The summed E-state index contributed by atoms with van der Waals surface area (Å²) in [5, 5.41) is 33.7. The average Bonchev–Trinajstić information content (AvgIpc) is 1.27. The summed E-state index contributed by atoms with van der Waals surface area (Å²) in [5.41, 5.74) is 18.9. The third-order valence-corrected chi connectivity index (χ3v) is 29.4. The zero-order valence-corrected chi connectivity index (χ0v) is 80.6. The molecule has 0 aliphatic heterocycles. The summed E-state index contributed by atoms with van der Waals surface area (Å²) >= 11 is 0. The van der Waals surface area contributed by atoms with Crippen LogP contribution in [0.25, 0.3) is 298 Å². The van der Waals surface area contributed by atoms with Crippen molar-refractivity contribution in [3.63, 3.8) is 0 Å². The normalized spacial score (nSPS) is 11.6. The van der Waals surface area contributed by atoms with Gasteiger partial charge in [-0.15, -0.1) is 0 Å². The van der Waals surface area contributed by atoms with E-state index in [0.29, 0.717) is 40.8 Å². The molecule has 0 spiro atoms. The van der Waals surface area contributed by atoms with Crippen LogP contribution < -0.4 is 0 Å². The van der Waals surface area contributed by atoms with E-state index in [0.717, 1.165) is 138 Å². The van der Waals surface area contributed by atoms with Crippen molar-refractivity contribution in [3.05, 3.63) is 522 Å². The number of furan rings is 1. The first-order chi connectivity index (χ1) is 73.8. The average molecular weight is 1900 g/mol. The highest BCUT2D eigenvalue weighted by Crippen LogP contribution is 2.47. The van der Waals surface area contributed by atoms with Crippen molar-refractivity contribution in [3.8, 4) is 136 Å². The van der Waals surface area contributed by atoms with E-state index in [-0.39, 0.29) is 0 Å². The summed E-state index contributed by atoms with van der Waals surface area (Å²) < 4.78 is 6.30. The van der Waals surface area contributed by atoms with Crippen LogP contribution in [0.3, 0.4) is 0 Å². The van der Waals surface area contributed by atoms with Crippen molar-refractivity contribution < 1.29 is 4.42 Å². The molecule has 0 aliphatic rings. The van der Waals surface area contributed by atoms with Gasteiger partial charge in [-0.1, -0.05) is 461 Å². The quantitative estimate of drug-likeness (QED) is 0.110. The smallest absolute Gasteiger partial charge is 0.164 e. The first kappa shape index (κ1) is 86.8. The second kappa shape index (κ2) is 36.8. The lowest BCUT2D eigenvalue weighted by atomic mass is 9.91. The molecule has 0 N–H and O–H groups in total. The minimum absolute atomic E-state index is 0.639. The summed E-state index contributed by atoms with van der Waals surface area (Å²) in [6.45, 7) is 0. The number of fused-ring (bicyclic) bond motifs is 23. The molecule has 30 rings (SSSR count). The predicted octanol–water partition coefficient (Wildman–Crippen LogP) is 37.1. The number of rotatable bonds is 12. The number of hydrogen-bond donors (Lipinski definition) is 0. The van der Waals surface area contributed by atoms with Crippen LogP contribution in [0.1, 0.15) is 0 Å². The molecule has 9 heteroatoms. The van der Waals surface area contributed by atoms with E-state index < -0.39 is 0 Å². The van der Waals surface area contributed by atoms with Crippen LogP contribution in [0.4, 0.5) is 0 Å². The second-order valence-electron chi connectivity index (χ2n) is 38.2. The van der Waals surface area contributed by atoms with Crippen LogP contribution in [0.5, 0.6) is 0 Å². The molecular weight excluding hydrogens is 1810 g/mol. The van der Waals surface area contributed by atoms with Crippen molar-refractivity contribution in [2.75, 3.05) is 0 Å². The summed E-state index contributed by atoms with van der Waals surface area (Å²) in [4.78, 5) is 41.6. The molecule has 149 heavy (non-hydrogen) atoms. The van der Waals surface area contributed by atoms with Gasteiger partial charge >= 0.3 is 0 Å². The third kappa shape index (κ3) is 15.9.